The molecule has 0 fully saturated rings. The third kappa shape index (κ3) is 1.61. The van der Waals surface area contributed by atoms with Crippen molar-refractivity contribution < 1.29 is 19.1 Å². The second-order valence-electron chi connectivity index (χ2n) is 4.47. The lowest BCUT2D eigenvalue weighted by Crippen LogP contribution is -2.08. The molecule has 0 spiro atoms. The number of ether oxygens (including phenoxy) is 2. The molecule has 1 aliphatic carbocycles. The monoisotopic (exact) mass is 268 g/mol. The largest absolute Gasteiger partial charge is 0.465 e. The summed E-state index contributed by atoms with van der Waals surface area (Å²) >= 11 is 0. The highest BCUT2D eigenvalue weighted by Gasteiger charge is 2.22. The van der Waals surface area contributed by atoms with E-state index in [9.17, 15) is 9.59 Å². The molecule has 3 rings (SSSR count). The summed E-state index contributed by atoms with van der Waals surface area (Å²) in [6.45, 7) is 0. The average molecular weight is 268 g/mol. The van der Waals surface area contributed by atoms with E-state index in [-0.39, 0.29) is 0 Å². The molecule has 0 unspecified atom stereocenters. The van der Waals surface area contributed by atoms with Crippen LogP contribution in [-0.2, 0) is 9.47 Å². The number of hydrogen-bond acceptors (Lipinski definition) is 4. The first-order chi connectivity index (χ1) is 9.67. The molecule has 0 amide bonds. The Hall–Kier alpha value is -2.62. The van der Waals surface area contributed by atoms with E-state index in [4.69, 9.17) is 9.47 Å². The fourth-order valence-corrected chi connectivity index (χ4v) is 2.57. The lowest BCUT2D eigenvalue weighted by atomic mass is 9.95. The minimum absolute atomic E-state index is 0.372. The Labute approximate surface area is 115 Å². The summed E-state index contributed by atoms with van der Waals surface area (Å²) in [6.07, 6.45) is 3.92. The Balaban J connectivity index is 2.43. The third-order valence-electron chi connectivity index (χ3n) is 3.48. The van der Waals surface area contributed by atoms with Gasteiger partial charge in [0, 0.05) is 5.39 Å². The topological polar surface area (TPSA) is 52.6 Å². The number of rotatable bonds is 2. The molecule has 0 bridgehead atoms. The average Bonchev–Trinajstić information content (AvgIpc) is 2.91. The van der Waals surface area contributed by atoms with Crippen molar-refractivity contribution in [3.05, 3.63) is 46.5 Å². The molecule has 0 aliphatic heterocycles. The van der Waals surface area contributed by atoms with Crippen LogP contribution in [0.3, 0.4) is 0 Å². The summed E-state index contributed by atoms with van der Waals surface area (Å²) in [7, 11) is 2.64. The molecule has 20 heavy (non-hydrogen) atoms. The van der Waals surface area contributed by atoms with Crippen molar-refractivity contribution in [3.8, 4) is 0 Å². The van der Waals surface area contributed by atoms with E-state index in [0.717, 1.165) is 16.5 Å². The first kappa shape index (κ1) is 12.4. The van der Waals surface area contributed by atoms with Gasteiger partial charge >= 0.3 is 11.9 Å². The van der Waals surface area contributed by atoms with Gasteiger partial charge in [0.15, 0.2) is 0 Å². The maximum atomic E-state index is 11.9. The van der Waals surface area contributed by atoms with Crippen LogP contribution in [0.15, 0.2) is 24.3 Å². The van der Waals surface area contributed by atoms with Crippen molar-refractivity contribution in [2.75, 3.05) is 14.2 Å². The van der Waals surface area contributed by atoms with Crippen LogP contribution in [0.2, 0.25) is 0 Å². The van der Waals surface area contributed by atoms with E-state index in [1.807, 2.05) is 24.3 Å². The predicted octanol–water partition coefficient (Wildman–Crippen LogP) is 2.90. The Kier molecular flexibility index (Phi) is 2.79. The van der Waals surface area contributed by atoms with E-state index in [1.54, 1.807) is 12.1 Å². The molecule has 0 N–H and O–H groups in total. The summed E-state index contributed by atoms with van der Waals surface area (Å²) in [6, 6.07) is 7.05. The van der Waals surface area contributed by atoms with Gasteiger partial charge in [0.1, 0.15) is 0 Å². The molecule has 100 valence electrons. The van der Waals surface area contributed by atoms with Crippen LogP contribution in [0.1, 0.15) is 31.8 Å². The van der Waals surface area contributed by atoms with Crippen LogP contribution in [-0.4, -0.2) is 26.2 Å². The van der Waals surface area contributed by atoms with Crippen LogP contribution >= 0.6 is 0 Å². The second-order valence-corrected chi connectivity index (χ2v) is 4.47. The van der Waals surface area contributed by atoms with E-state index in [1.165, 1.54) is 14.2 Å². The van der Waals surface area contributed by atoms with Gasteiger partial charge in [0.2, 0.25) is 0 Å². The maximum Gasteiger partial charge on any atom is 0.338 e. The first-order valence-electron chi connectivity index (χ1n) is 6.12. The first-order valence-corrected chi connectivity index (χ1v) is 6.12. The second kappa shape index (κ2) is 4.49. The van der Waals surface area contributed by atoms with Crippen LogP contribution < -0.4 is 0 Å². The summed E-state index contributed by atoms with van der Waals surface area (Å²) in [5.41, 5.74) is 2.70. The number of carbonyl (C=O) groups excluding carboxylic acids is 2. The van der Waals surface area contributed by atoms with E-state index < -0.39 is 11.9 Å². The van der Waals surface area contributed by atoms with Gasteiger partial charge in [-0.1, -0.05) is 24.3 Å². The quantitative estimate of drug-likeness (QED) is 0.670. The maximum absolute atomic E-state index is 11.9. The number of hydrogen-bond donors (Lipinski definition) is 0. The number of esters is 2. The van der Waals surface area contributed by atoms with Gasteiger partial charge in [-0.05, 0) is 28.6 Å². The zero-order valence-electron chi connectivity index (χ0n) is 11.1. The lowest BCUT2D eigenvalue weighted by molar-refractivity contribution is 0.0601. The Morgan fingerprint density at radius 1 is 0.750 bits per heavy atom. The fraction of sp³-hybridized carbons (Fsp3) is 0.125. The van der Waals surface area contributed by atoms with Crippen molar-refractivity contribution in [1.29, 1.82) is 0 Å². The molecule has 0 saturated carbocycles. The highest BCUT2D eigenvalue weighted by atomic mass is 16.5. The molecule has 4 heteroatoms. The van der Waals surface area contributed by atoms with Crippen molar-refractivity contribution in [2.24, 2.45) is 0 Å². The van der Waals surface area contributed by atoms with Crippen LogP contribution in [0, 0.1) is 0 Å². The SMILES string of the molecule is COC(=O)c1ccc2c3c(ccc(C(=O)OC)c13)C=C2. The van der Waals surface area contributed by atoms with E-state index in [2.05, 4.69) is 0 Å². The fourth-order valence-electron chi connectivity index (χ4n) is 2.57. The molecule has 0 heterocycles. The molecule has 4 nitrogen and oxygen atoms in total. The minimum atomic E-state index is -0.467. The third-order valence-corrected chi connectivity index (χ3v) is 3.48. The smallest absolute Gasteiger partial charge is 0.338 e. The van der Waals surface area contributed by atoms with Crippen molar-refractivity contribution >= 4 is 34.9 Å². The molecule has 2 aromatic rings. The molecule has 0 aromatic heterocycles. The lowest BCUT2D eigenvalue weighted by Gasteiger charge is -2.11. The van der Waals surface area contributed by atoms with Gasteiger partial charge in [-0.3, -0.25) is 0 Å². The van der Waals surface area contributed by atoms with E-state index in [0.29, 0.717) is 16.5 Å². The van der Waals surface area contributed by atoms with Gasteiger partial charge in [-0.25, -0.2) is 9.59 Å². The highest BCUT2D eigenvalue weighted by molar-refractivity contribution is 6.19. The Bertz CT molecular complexity index is 711. The number of benzene rings is 2. The van der Waals surface area contributed by atoms with Gasteiger partial charge in [0.05, 0.1) is 25.3 Å². The number of methoxy groups -OCH3 is 2. The Morgan fingerprint density at radius 2 is 1.20 bits per heavy atom. The summed E-state index contributed by atoms with van der Waals surface area (Å²) < 4.78 is 9.60. The molecule has 0 radical (unpaired) electrons. The summed E-state index contributed by atoms with van der Waals surface area (Å²) in [5, 5.41) is 1.47. The molecular formula is C16H12O4. The van der Waals surface area contributed by atoms with Crippen molar-refractivity contribution in [1.82, 2.24) is 0 Å². The van der Waals surface area contributed by atoms with Gasteiger partial charge < -0.3 is 9.47 Å². The van der Waals surface area contributed by atoms with Gasteiger partial charge in [-0.15, -0.1) is 0 Å². The van der Waals surface area contributed by atoms with Crippen LogP contribution in [0.25, 0.3) is 22.9 Å². The number of carbonyl (C=O) groups is 2. The summed E-state index contributed by atoms with van der Waals surface area (Å²) in [4.78, 5) is 23.9. The molecule has 2 aromatic carbocycles. The molecular weight excluding hydrogens is 256 g/mol. The standard InChI is InChI=1S/C16H12O4/c1-19-15(17)11-7-5-9-3-4-10-6-8-12(16(18)20-2)14(11)13(9)10/h3-8H,1-2H3. The molecule has 0 atom stereocenters. The minimum Gasteiger partial charge on any atom is -0.465 e. The normalized spacial score (nSPS) is 11.7. The molecule has 0 saturated heterocycles. The zero-order chi connectivity index (χ0) is 14.3. The predicted molar refractivity (Wildman–Crippen MR) is 75.6 cm³/mol. The van der Waals surface area contributed by atoms with Crippen LogP contribution in [0.4, 0.5) is 0 Å². The van der Waals surface area contributed by atoms with Crippen LogP contribution in [0.5, 0.6) is 0 Å². The zero-order valence-corrected chi connectivity index (χ0v) is 11.1. The Morgan fingerprint density at radius 3 is 1.60 bits per heavy atom. The summed E-state index contributed by atoms with van der Waals surface area (Å²) in [5.74, 6) is -0.934. The molecule has 1 aliphatic rings. The van der Waals surface area contributed by atoms with Gasteiger partial charge in [0.25, 0.3) is 0 Å². The highest BCUT2D eigenvalue weighted by Crippen LogP contribution is 2.35. The van der Waals surface area contributed by atoms with E-state index >= 15 is 0 Å². The van der Waals surface area contributed by atoms with Crippen molar-refractivity contribution in [2.45, 2.75) is 0 Å². The van der Waals surface area contributed by atoms with Crippen molar-refractivity contribution in [3.63, 3.8) is 0 Å². The van der Waals surface area contributed by atoms with Gasteiger partial charge in [-0.2, -0.15) is 0 Å².